The Bertz CT molecular complexity index is 481. The molecular formula is C10H16N6O4. The number of rotatable bonds is 8. The van der Waals surface area contributed by atoms with Gasteiger partial charge in [0.1, 0.15) is 6.20 Å². The van der Waals surface area contributed by atoms with Crippen molar-refractivity contribution in [2.75, 3.05) is 37.9 Å². The lowest BCUT2D eigenvalue weighted by Gasteiger charge is -2.07. The Morgan fingerprint density at radius 2 is 2.30 bits per heavy atom. The summed E-state index contributed by atoms with van der Waals surface area (Å²) in [5, 5.41) is 16.1. The van der Waals surface area contributed by atoms with Crippen LogP contribution in [-0.4, -0.2) is 47.6 Å². The number of ether oxygens (including phenoxy) is 1. The van der Waals surface area contributed by atoms with Crippen molar-refractivity contribution in [1.29, 1.82) is 0 Å². The van der Waals surface area contributed by atoms with E-state index in [-0.39, 0.29) is 36.3 Å². The van der Waals surface area contributed by atoms with E-state index in [1.54, 1.807) is 0 Å². The van der Waals surface area contributed by atoms with Crippen LogP contribution in [0.15, 0.2) is 6.20 Å². The highest BCUT2D eigenvalue weighted by Crippen LogP contribution is 2.20. The molecular weight excluding hydrogens is 268 g/mol. The van der Waals surface area contributed by atoms with Gasteiger partial charge >= 0.3 is 5.69 Å². The lowest BCUT2D eigenvalue weighted by molar-refractivity contribution is -0.384. The van der Waals surface area contributed by atoms with Gasteiger partial charge in [-0.2, -0.15) is 4.98 Å². The molecule has 1 aromatic rings. The average molecular weight is 284 g/mol. The number of carbonyl (C=O) groups is 1. The number of nitrogens with zero attached hydrogens (tertiary/aromatic N) is 3. The molecule has 4 N–H and O–H groups in total. The first kappa shape index (κ1) is 15.6. The van der Waals surface area contributed by atoms with E-state index in [2.05, 4.69) is 20.6 Å². The number of carbonyl (C=O) groups excluding carboxylic acids is 1. The van der Waals surface area contributed by atoms with Crippen molar-refractivity contribution in [2.45, 2.75) is 6.42 Å². The SMILES string of the molecule is COCCNC(=O)CCNc1nc(N)ncc1[N+](=O)[O-]. The number of aromatic nitrogens is 2. The summed E-state index contributed by atoms with van der Waals surface area (Å²) in [6, 6.07) is 0. The first-order valence-electron chi connectivity index (χ1n) is 5.81. The molecule has 0 saturated carbocycles. The molecule has 1 amide bonds. The second kappa shape index (κ2) is 7.84. The van der Waals surface area contributed by atoms with E-state index in [4.69, 9.17) is 10.5 Å². The summed E-state index contributed by atoms with van der Waals surface area (Å²) in [6.45, 7) is 1.03. The van der Waals surface area contributed by atoms with Gasteiger partial charge in [-0.25, -0.2) is 4.98 Å². The topological polar surface area (TPSA) is 145 Å². The van der Waals surface area contributed by atoms with E-state index in [0.29, 0.717) is 13.2 Å². The molecule has 0 unspecified atom stereocenters. The Kier molecular flexibility index (Phi) is 6.10. The van der Waals surface area contributed by atoms with E-state index in [1.165, 1.54) is 7.11 Å². The van der Waals surface area contributed by atoms with Crippen LogP contribution < -0.4 is 16.4 Å². The van der Waals surface area contributed by atoms with Gasteiger partial charge in [-0.15, -0.1) is 0 Å². The molecule has 0 aliphatic heterocycles. The largest absolute Gasteiger partial charge is 0.383 e. The third-order valence-corrected chi connectivity index (χ3v) is 2.26. The highest BCUT2D eigenvalue weighted by atomic mass is 16.6. The first-order valence-corrected chi connectivity index (χ1v) is 5.81. The zero-order valence-electron chi connectivity index (χ0n) is 11.0. The van der Waals surface area contributed by atoms with Gasteiger partial charge < -0.3 is 21.1 Å². The molecule has 1 aromatic heterocycles. The quantitative estimate of drug-likeness (QED) is 0.330. The molecule has 0 saturated heterocycles. The highest BCUT2D eigenvalue weighted by Gasteiger charge is 2.16. The summed E-state index contributed by atoms with van der Waals surface area (Å²) in [5.74, 6) is -0.283. The second-order valence-electron chi connectivity index (χ2n) is 3.74. The van der Waals surface area contributed by atoms with Gasteiger partial charge in [0.15, 0.2) is 0 Å². The van der Waals surface area contributed by atoms with Gasteiger partial charge in [0.2, 0.25) is 17.7 Å². The summed E-state index contributed by atoms with van der Waals surface area (Å²) in [7, 11) is 1.53. The summed E-state index contributed by atoms with van der Waals surface area (Å²) in [4.78, 5) is 28.8. The van der Waals surface area contributed by atoms with Crippen LogP contribution in [0.4, 0.5) is 17.5 Å². The normalized spacial score (nSPS) is 10.1. The first-order chi connectivity index (χ1) is 9.54. The maximum Gasteiger partial charge on any atom is 0.329 e. The average Bonchev–Trinajstić information content (AvgIpc) is 2.38. The van der Waals surface area contributed by atoms with E-state index < -0.39 is 4.92 Å². The molecule has 0 radical (unpaired) electrons. The van der Waals surface area contributed by atoms with Crippen molar-refractivity contribution >= 4 is 23.4 Å². The monoisotopic (exact) mass is 284 g/mol. The van der Waals surface area contributed by atoms with Crippen molar-refractivity contribution < 1.29 is 14.5 Å². The van der Waals surface area contributed by atoms with Crippen molar-refractivity contribution in [1.82, 2.24) is 15.3 Å². The molecule has 0 spiro atoms. The van der Waals surface area contributed by atoms with Crippen LogP contribution in [0.25, 0.3) is 0 Å². The van der Waals surface area contributed by atoms with Crippen molar-refractivity contribution in [3.8, 4) is 0 Å². The Balaban J connectivity index is 2.47. The van der Waals surface area contributed by atoms with Crippen molar-refractivity contribution in [3.63, 3.8) is 0 Å². The van der Waals surface area contributed by atoms with Crippen LogP contribution >= 0.6 is 0 Å². The number of anilines is 2. The van der Waals surface area contributed by atoms with E-state index in [0.717, 1.165) is 6.20 Å². The van der Waals surface area contributed by atoms with E-state index in [9.17, 15) is 14.9 Å². The van der Waals surface area contributed by atoms with E-state index >= 15 is 0 Å². The van der Waals surface area contributed by atoms with Crippen LogP contribution in [0.3, 0.4) is 0 Å². The molecule has 0 aliphatic rings. The van der Waals surface area contributed by atoms with E-state index in [1.807, 2.05) is 0 Å². The number of nitro groups is 1. The van der Waals surface area contributed by atoms with Crippen LogP contribution in [-0.2, 0) is 9.53 Å². The Hall–Kier alpha value is -2.49. The number of amides is 1. The van der Waals surface area contributed by atoms with Crippen LogP contribution in [0.2, 0.25) is 0 Å². The van der Waals surface area contributed by atoms with Crippen molar-refractivity contribution in [2.24, 2.45) is 0 Å². The summed E-state index contributed by atoms with van der Waals surface area (Å²) in [6.07, 6.45) is 1.16. The number of hydrogen-bond acceptors (Lipinski definition) is 8. The van der Waals surface area contributed by atoms with Gasteiger partial charge in [-0.05, 0) is 0 Å². The summed E-state index contributed by atoms with van der Waals surface area (Å²) >= 11 is 0. The molecule has 110 valence electrons. The maximum atomic E-state index is 11.4. The predicted octanol–water partition coefficient (Wildman–Crippen LogP) is -0.468. The van der Waals surface area contributed by atoms with Crippen LogP contribution in [0, 0.1) is 10.1 Å². The van der Waals surface area contributed by atoms with Gasteiger partial charge in [0.05, 0.1) is 11.5 Å². The number of nitrogens with two attached hydrogens (primary N) is 1. The molecule has 0 aliphatic carbocycles. The minimum Gasteiger partial charge on any atom is -0.383 e. The molecule has 0 bridgehead atoms. The number of nitrogen functional groups attached to an aromatic ring is 1. The molecule has 1 rings (SSSR count). The third kappa shape index (κ3) is 5.02. The number of methoxy groups -OCH3 is 1. The molecule has 0 atom stereocenters. The molecule has 1 heterocycles. The van der Waals surface area contributed by atoms with Crippen LogP contribution in [0.5, 0.6) is 0 Å². The zero-order valence-corrected chi connectivity index (χ0v) is 11.0. The van der Waals surface area contributed by atoms with Gasteiger partial charge in [0.25, 0.3) is 0 Å². The van der Waals surface area contributed by atoms with Crippen molar-refractivity contribution in [3.05, 3.63) is 16.3 Å². The molecule has 0 aromatic carbocycles. The Morgan fingerprint density at radius 1 is 1.55 bits per heavy atom. The molecule has 0 fully saturated rings. The maximum absolute atomic E-state index is 11.4. The van der Waals surface area contributed by atoms with Crippen LogP contribution in [0.1, 0.15) is 6.42 Å². The van der Waals surface area contributed by atoms with Gasteiger partial charge in [-0.1, -0.05) is 0 Å². The highest BCUT2D eigenvalue weighted by molar-refractivity contribution is 5.76. The number of hydrogen-bond donors (Lipinski definition) is 3. The summed E-state index contributed by atoms with van der Waals surface area (Å²) in [5.41, 5.74) is 5.07. The molecule has 20 heavy (non-hydrogen) atoms. The zero-order chi connectivity index (χ0) is 15.0. The molecule has 10 nitrogen and oxygen atoms in total. The number of nitrogens with one attached hydrogen (secondary N) is 2. The fraction of sp³-hybridized carbons (Fsp3) is 0.500. The Labute approximate surface area is 114 Å². The second-order valence-corrected chi connectivity index (χ2v) is 3.74. The lowest BCUT2D eigenvalue weighted by Crippen LogP contribution is -2.28. The Morgan fingerprint density at radius 3 is 2.95 bits per heavy atom. The third-order valence-electron chi connectivity index (χ3n) is 2.26. The molecule has 10 heteroatoms. The fourth-order valence-electron chi connectivity index (χ4n) is 1.33. The fourth-order valence-corrected chi connectivity index (χ4v) is 1.33. The predicted molar refractivity (Wildman–Crippen MR) is 71.1 cm³/mol. The van der Waals surface area contributed by atoms with Gasteiger partial charge in [0, 0.05) is 26.6 Å². The minimum atomic E-state index is -0.625. The standard InChI is InChI=1S/C10H16N6O4/c1-20-5-4-12-8(17)2-3-13-9-7(16(18)19)6-14-10(11)15-9/h6H,2-5H2,1H3,(H,12,17)(H3,11,13,14,15). The summed E-state index contributed by atoms with van der Waals surface area (Å²) < 4.78 is 4.79. The lowest BCUT2D eigenvalue weighted by atomic mass is 10.3. The minimum absolute atomic E-state index is 0.00723. The van der Waals surface area contributed by atoms with Gasteiger partial charge in [-0.3, -0.25) is 14.9 Å². The smallest absolute Gasteiger partial charge is 0.329 e.